The number of amides is 1. The van der Waals surface area contributed by atoms with Gasteiger partial charge in [-0.3, -0.25) is 9.69 Å². The summed E-state index contributed by atoms with van der Waals surface area (Å²) in [5, 5.41) is 0. The molecule has 4 heterocycles. The molecule has 158 valence electrons. The highest BCUT2D eigenvalue weighted by atomic mass is 16.2. The molecule has 1 amide bonds. The Bertz CT molecular complexity index is 1070. The van der Waals surface area contributed by atoms with Crippen LogP contribution in [-0.2, 0) is 17.6 Å². The van der Waals surface area contributed by atoms with E-state index in [2.05, 4.69) is 27.0 Å². The molecule has 7 heteroatoms. The molecule has 5 rings (SSSR count). The minimum Gasteiger partial charge on any atom is -0.331 e. The summed E-state index contributed by atoms with van der Waals surface area (Å²) in [5.41, 5.74) is 3.28. The van der Waals surface area contributed by atoms with Crippen LogP contribution in [0.25, 0.3) is 0 Å². The van der Waals surface area contributed by atoms with Gasteiger partial charge in [-0.1, -0.05) is 30.3 Å². The predicted molar refractivity (Wildman–Crippen MR) is 119 cm³/mol. The molecule has 0 spiro atoms. The van der Waals surface area contributed by atoms with Crippen LogP contribution in [0.3, 0.4) is 0 Å². The van der Waals surface area contributed by atoms with Crippen molar-refractivity contribution in [3.63, 3.8) is 0 Å². The molecule has 1 atom stereocenters. The fraction of sp³-hybridized carbons (Fsp3) is 0.375. The lowest BCUT2D eigenvalue weighted by atomic mass is 10.0. The number of benzene rings is 1. The molecule has 0 bridgehead atoms. The standard InChI is InChI=1S/C24H26N6O/c1-17-19-10-11-21(31)30(16-12-18-7-3-2-4-8-18)23(19)28-22(27-17)20-9-5-15-29(20)24-25-13-6-14-26-24/h2-4,6-8,13-14,20H,5,9-12,15-16H2,1H3/t20-/m1/s1. The number of anilines is 2. The smallest absolute Gasteiger partial charge is 0.228 e. The van der Waals surface area contributed by atoms with E-state index in [4.69, 9.17) is 9.97 Å². The molecule has 31 heavy (non-hydrogen) atoms. The van der Waals surface area contributed by atoms with Gasteiger partial charge in [-0.25, -0.2) is 19.9 Å². The molecule has 0 unspecified atom stereocenters. The summed E-state index contributed by atoms with van der Waals surface area (Å²) in [4.78, 5) is 35.6. The van der Waals surface area contributed by atoms with E-state index in [1.807, 2.05) is 36.1 Å². The molecule has 7 nitrogen and oxygen atoms in total. The molecule has 0 N–H and O–H groups in total. The predicted octanol–water partition coefficient (Wildman–Crippen LogP) is 3.44. The summed E-state index contributed by atoms with van der Waals surface area (Å²) in [5.74, 6) is 2.40. The van der Waals surface area contributed by atoms with Crippen molar-refractivity contribution in [1.82, 2.24) is 19.9 Å². The van der Waals surface area contributed by atoms with Gasteiger partial charge in [-0.15, -0.1) is 0 Å². The SMILES string of the molecule is Cc1nc([C@H]2CCCN2c2ncccn2)nc2c1CCC(=O)N2CCc1ccccc1. The zero-order valence-corrected chi connectivity index (χ0v) is 17.7. The highest BCUT2D eigenvalue weighted by Gasteiger charge is 2.33. The third-order valence-corrected chi connectivity index (χ3v) is 6.18. The summed E-state index contributed by atoms with van der Waals surface area (Å²) in [6.07, 6.45) is 7.55. The van der Waals surface area contributed by atoms with E-state index < -0.39 is 0 Å². The van der Waals surface area contributed by atoms with Crippen LogP contribution in [0.1, 0.15) is 47.9 Å². The third kappa shape index (κ3) is 3.87. The maximum absolute atomic E-state index is 12.8. The van der Waals surface area contributed by atoms with Crippen molar-refractivity contribution in [3.05, 3.63) is 71.4 Å². The van der Waals surface area contributed by atoms with Crippen LogP contribution in [0.5, 0.6) is 0 Å². The van der Waals surface area contributed by atoms with E-state index in [9.17, 15) is 4.79 Å². The maximum atomic E-state index is 12.8. The van der Waals surface area contributed by atoms with Gasteiger partial charge in [-0.2, -0.15) is 0 Å². The number of fused-ring (bicyclic) bond motifs is 1. The van der Waals surface area contributed by atoms with Crippen molar-refractivity contribution < 1.29 is 4.79 Å². The second-order valence-corrected chi connectivity index (χ2v) is 8.15. The van der Waals surface area contributed by atoms with Crippen molar-refractivity contribution in [2.45, 2.75) is 45.1 Å². The van der Waals surface area contributed by atoms with Crippen LogP contribution in [0.4, 0.5) is 11.8 Å². The molecule has 0 saturated carbocycles. The number of hydrogen-bond acceptors (Lipinski definition) is 6. The minimum atomic E-state index is 0.0272. The largest absolute Gasteiger partial charge is 0.331 e. The lowest BCUT2D eigenvalue weighted by Crippen LogP contribution is -2.38. The van der Waals surface area contributed by atoms with Crippen LogP contribution < -0.4 is 9.80 Å². The lowest BCUT2D eigenvalue weighted by molar-refractivity contribution is -0.118. The molecular formula is C24H26N6O. The number of nitrogens with zero attached hydrogens (tertiary/aromatic N) is 6. The van der Waals surface area contributed by atoms with E-state index in [0.717, 1.165) is 48.7 Å². The van der Waals surface area contributed by atoms with Crippen molar-refractivity contribution in [3.8, 4) is 0 Å². The number of carbonyl (C=O) groups is 1. The Morgan fingerprint density at radius 3 is 2.65 bits per heavy atom. The van der Waals surface area contributed by atoms with E-state index in [-0.39, 0.29) is 11.9 Å². The Labute approximate surface area is 182 Å². The topological polar surface area (TPSA) is 75.1 Å². The van der Waals surface area contributed by atoms with Gasteiger partial charge in [0.1, 0.15) is 5.82 Å². The Kier molecular flexibility index (Phi) is 5.32. The Balaban J connectivity index is 1.47. The molecular weight excluding hydrogens is 388 g/mol. The molecule has 2 aliphatic heterocycles. The van der Waals surface area contributed by atoms with Gasteiger partial charge in [0.15, 0.2) is 5.82 Å². The van der Waals surface area contributed by atoms with Gasteiger partial charge >= 0.3 is 0 Å². The number of hydrogen-bond donors (Lipinski definition) is 0. The number of rotatable bonds is 5. The summed E-state index contributed by atoms with van der Waals surface area (Å²) in [6.45, 7) is 3.54. The molecule has 0 radical (unpaired) electrons. The fourth-order valence-electron chi connectivity index (χ4n) is 4.58. The van der Waals surface area contributed by atoms with E-state index in [0.29, 0.717) is 25.3 Å². The number of carbonyl (C=O) groups excluding carboxylic acids is 1. The second-order valence-electron chi connectivity index (χ2n) is 8.15. The maximum Gasteiger partial charge on any atom is 0.228 e. The van der Waals surface area contributed by atoms with E-state index in [1.165, 1.54) is 5.56 Å². The normalized spacial score (nSPS) is 18.4. The number of aryl methyl sites for hydroxylation is 1. The monoisotopic (exact) mass is 414 g/mol. The van der Waals surface area contributed by atoms with Crippen molar-refractivity contribution in [1.29, 1.82) is 0 Å². The first-order valence-electron chi connectivity index (χ1n) is 11.0. The van der Waals surface area contributed by atoms with Gasteiger partial charge < -0.3 is 4.90 Å². The summed E-state index contributed by atoms with van der Waals surface area (Å²) >= 11 is 0. The first kappa shape index (κ1) is 19.6. The zero-order valence-electron chi connectivity index (χ0n) is 17.7. The van der Waals surface area contributed by atoms with Gasteiger partial charge in [-0.05, 0) is 44.2 Å². The second kappa shape index (κ2) is 8.41. The van der Waals surface area contributed by atoms with Crippen LogP contribution in [0.15, 0.2) is 48.8 Å². The Hall–Kier alpha value is -3.35. The summed E-state index contributed by atoms with van der Waals surface area (Å²) in [6, 6.07) is 12.1. The quantitative estimate of drug-likeness (QED) is 0.637. The molecule has 0 aliphatic carbocycles. The van der Waals surface area contributed by atoms with E-state index >= 15 is 0 Å². The molecule has 2 aliphatic rings. The Morgan fingerprint density at radius 1 is 1.03 bits per heavy atom. The van der Waals surface area contributed by atoms with Gasteiger partial charge in [0.2, 0.25) is 11.9 Å². The summed E-state index contributed by atoms with van der Waals surface area (Å²) < 4.78 is 0. The van der Waals surface area contributed by atoms with E-state index in [1.54, 1.807) is 12.4 Å². The number of aromatic nitrogens is 4. The molecule has 1 saturated heterocycles. The highest BCUT2D eigenvalue weighted by Crippen LogP contribution is 2.35. The first-order chi connectivity index (χ1) is 15.2. The average Bonchev–Trinajstić information content (AvgIpc) is 3.30. The van der Waals surface area contributed by atoms with Crippen LogP contribution in [0.2, 0.25) is 0 Å². The summed E-state index contributed by atoms with van der Waals surface area (Å²) in [7, 11) is 0. The van der Waals surface area contributed by atoms with Crippen LogP contribution in [-0.4, -0.2) is 38.9 Å². The van der Waals surface area contributed by atoms with Crippen molar-refractivity contribution in [2.24, 2.45) is 0 Å². The molecule has 3 aromatic rings. The molecule has 1 aromatic carbocycles. The third-order valence-electron chi connectivity index (χ3n) is 6.18. The average molecular weight is 415 g/mol. The highest BCUT2D eigenvalue weighted by molar-refractivity contribution is 5.95. The molecule has 2 aromatic heterocycles. The van der Waals surface area contributed by atoms with Gasteiger partial charge in [0.05, 0.1) is 6.04 Å². The Morgan fingerprint density at radius 2 is 1.84 bits per heavy atom. The van der Waals surface area contributed by atoms with Gasteiger partial charge in [0.25, 0.3) is 0 Å². The fourth-order valence-corrected chi connectivity index (χ4v) is 4.58. The van der Waals surface area contributed by atoms with Crippen LogP contribution in [0, 0.1) is 6.92 Å². The minimum absolute atomic E-state index is 0.0272. The van der Waals surface area contributed by atoms with Crippen molar-refractivity contribution in [2.75, 3.05) is 22.9 Å². The van der Waals surface area contributed by atoms with Gasteiger partial charge in [0, 0.05) is 43.2 Å². The van der Waals surface area contributed by atoms with Crippen LogP contribution >= 0.6 is 0 Å². The van der Waals surface area contributed by atoms with Crippen molar-refractivity contribution >= 4 is 17.7 Å². The lowest BCUT2D eigenvalue weighted by Gasteiger charge is -2.31. The first-order valence-corrected chi connectivity index (χ1v) is 11.0. The zero-order chi connectivity index (χ0) is 21.2. The molecule has 1 fully saturated rings.